The highest BCUT2D eigenvalue weighted by Gasteiger charge is 2.40. The second-order valence-electron chi connectivity index (χ2n) is 5.98. The predicted octanol–water partition coefficient (Wildman–Crippen LogP) is -0.414. The molecule has 0 aromatic heterocycles. The van der Waals surface area contributed by atoms with Crippen LogP contribution in [-0.2, 0) is 9.59 Å². The molecule has 1 aromatic rings. The summed E-state index contributed by atoms with van der Waals surface area (Å²) in [5.41, 5.74) is 7.03. The van der Waals surface area contributed by atoms with E-state index in [9.17, 15) is 9.59 Å². The molecule has 3 rings (SSSR count). The van der Waals surface area contributed by atoms with E-state index in [4.69, 9.17) is 0 Å². The molecule has 2 saturated heterocycles. The van der Waals surface area contributed by atoms with Crippen molar-refractivity contribution >= 4 is 17.5 Å². The zero-order valence-corrected chi connectivity index (χ0v) is 13.0. The number of carbonyl (C=O) groups is 2. The number of hydrazine groups is 1. The number of para-hydroxylation sites is 1. The van der Waals surface area contributed by atoms with Crippen molar-refractivity contribution < 1.29 is 9.59 Å². The van der Waals surface area contributed by atoms with Crippen molar-refractivity contribution in [2.24, 2.45) is 5.92 Å². The van der Waals surface area contributed by atoms with Gasteiger partial charge in [-0.25, -0.2) is 5.43 Å². The summed E-state index contributed by atoms with van der Waals surface area (Å²) in [6.45, 7) is 2.14. The number of carbonyl (C=O) groups excluding carboxylic acids is 2. The number of benzene rings is 1. The van der Waals surface area contributed by atoms with Crippen molar-refractivity contribution in [2.75, 3.05) is 25.0 Å². The SMILES string of the molecule is O=C(CCNC(=O)C1NNC2CCNCC21)Nc1ccccc1. The van der Waals surface area contributed by atoms with E-state index in [0.29, 0.717) is 12.6 Å². The Morgan fingerprint density at radius 3 is 2.83 bits per heavy atom. The van der Waals surface area contributed by atoms with Crippen molar-refractivity contribution in [1.29, 1.82) is 0 Å². The molecule has 2 heterocycles. The molecule has 2 amide bonds. The highest BCUT2D eigenvalue weighted by atomic mass is 16.2. The van der Waals surface area contributed by atoms with Crippen molar-refractivity contribution in [3.05, 3.63) is 30.3 Å². The molecular formula is C16H23N5O2. The maximum atomic E-state index is 12.3. The summed E-state index contributed by atoms with van der Waals surface area (Å²) in [4.78, 5) is 24.1. The van der Waals surface area contributed by atoms with Crippen LogP contribution in [0.15, 0.2) is 30.3 Å². The molecule has 124 valence electrons. The van der Waals surface area contributed by atoms with Gasteiger partial charge in [0.05, 0.1) is 0 Å². The third-order valence-corrected chi connectivity index (χ3v) is 4.37. The molecule has 7 heteroatoms. The Bertz CT molecular complexity index is 551. The van der Waals surface area contributed by atoms with Gasteiger partial charge in [0.1, 0.15) is 6.04 Å². The Balaban J connectivity index is 1.40. The standard InChI is InChI=1S/C16H23N5O2/c22-14(19-11-4-2-1-3-5-11)7-9-18-16(23)15-12-10-17-8-6-13(12)20-21-15/h1-5,12-13,15,17,20-21H,6-10H2,(H,18,23)(H,19,22). The van der Waals surface area contributed by atoms with Crippen LogP contribution < -0.4 is 26.8 Å². The van der Waals surface area contributed by atoms with E-state index in [0.717, 1.165) is 25.2 Å². The Morgan fingerprint density at radius 1 is 1.17 bits per heavy atom. The minimum Gasteiger partial charge on any atom is -0.354 e. The highest BCUT2D eigenvalue weighted by Crippen LogP contribution is 2.19. The largest absolute Gasteiger partial charge is 0.354 e. The van der Waals surface area contributed by atoms with Crippen LogP contribution >= 0.6 is 0 Å². The third kappa shape index (κ3) is 4.07. The number of nitrogens with one attached hydrogen (secondary N) is 5. The minimum absolute atomic E-state index is 0.0544. The van der Waals surface area contributed by atoms with Gasteiger partial charge in [0.2, 0.25) is 11.8 Å². The molecule has 0 spiro atoms. The number of piperidine rings is 1. The first-order chi connectivity index (χ1) is 11.2. The summed E-state index contributed by atoms with van der Waals surface area (Å²) in [5, 5.41) is 8.97. The van der Waals surface area contributed by atoms with Crippen LogP contribution in [0.5, 0.6) is 0 Å². The van der Waals surface area contributed by atoms with Crippen molar-refractivity contribution in [3.63, 3.8) is 0 Å². The molecule has 3 unspecified atom stereocenters. The average Bonchev–Trinajstić information content (AvgIpc) is 3.00. The number of hydrogen-bond acceptors (Lipinski definition) is 5. The van der Waals surface area contributed by atoms with Crippen molar-refractivity contribution in [1.82, 2.24) is 21.5 Å². The first-order valence-corrected chi connectivity index (χ1v) is 8.08. The number of rotatable bonds is 5. The number of anilines is 1. The third-order valence-electron chi connectivity index (χ3n) is 4.37. The summed E-state index contributed by atoms with van der Waals surface area (Å²) in [7, 11) is 0. The summed E-state index contributed by atoms with van der Waals surface area (Å²) < 4.78 is 0. The van der Waals surface area contributed by atoms with Crippen LogP contribution in [0.25, 0.3) is 0 Å². The molecule has 7 nitrogen and oxygen atoms in total. The van der Waals surface area contributed by atoms with Gasteiger partial charge in [0, 0.05) is 37.2 Å². The van der Waals surface area contributed by atoms with Crippen molar-refractivity contribution in [2.45, 2.75) is 24.9 Å². The highest BCUT2D eigenvalue weighted by molar-refractivity contribution is 5.91. The summed E-state index contributed by atoms with van der Waals surface area (Å²) in [5.74, 6) is 0.0920. The number of fused-ring (bicyclic) bond motifs is 1. The van der Waals surface area contributed by atoms with Gasteiger partial charge in [0.25, 0.3) is 0 Å². The predicted molar refractivity (Wildman–Crippen MR) is 87.5 cm³/mol. The summed E-state index contributed by atoms with van der Waals surface area (Å²) in [6.07, 6.45) is 1.27. The Kier molecular flexibility index (Phi) is 5.22. The van der Waals surface area contributed by atoms with E-state index in [1.54, 1.807) is 0 Å². The smallest absolute Gasteiger partial charge is 0.238 e. The molecule has 1 aromatic carbocycles. The van der Waals surface area contributed by atoms with E-state index < -0.39 is 0 Å². The molecular weight excluding hydrogens is 294 g/mol. The van der Waals surface area contributed by atoms with Crippen LogP contribution in [0.4, 0.5) is 5.69 Å². The van der Waals surface area contributed by atoms with E-state index in [1.165, 1.54) is 0 Å². The lowest BCUT2D eigenvalue weighted by atomic mass is 9.89. The molecule has 0 bridgehead atoms. The minimum atomic E-state index is -0.245. The Labute approximate surface area is 135 Å². The van der Waals surface area contributed by atoms with Gasteiger partial charge in [-0.3, -0.25) is 15.0 Å². The fourth-order valence-electron chi connectivity index (χ4n) is 3.13. The van der Waals surface area contributed by atoms with Crippen LogP contribution in [0, 0.1) is 5.92 Å². The lowest BCUT2D eigenvalue weighted by molar-refractivity contribution is -0.124. The van der Waals surface area contributed by atoms with Gasteiger partial charge in [-0.05, 0) is 25.1 Å². The lowest BCUT2D eigenvalue weighted by Gasteiger charge is -2.27. The number of hydrogen-bond donors (Lipinski definition) is 5. The van der Waals surface area contributed by atoms with Crippen LogP contribution in [-0.4, -0.2) is 43.5 Å². The zero-order valence-electron chi connectivity index (χ0n) is 13.0. The fraction of sp³-hybridized carbons (Fsp3) is 0.500. The van der Waals surface area contributed by atoms with E-state index in [-0.39, 0.29) is 30.2 Å². The van der Waals surface area contributed by atoms with E-state index >= 15 is 0 Å². The molecule has 2 aliphatic heterocycles. The topological polar surface area (TPSA) is 94.3 Å². The normalized spacial score (nSPS) is 26.3. The van der Waals surface area contributed by atoms with Gasteiger partial charge >= 0.3 is 0 Å². The fourth-order valence-corrected chi connectivity index (χ4v) is 3.13. The lowest BCUT2D eigenvalue weighted by Crippen LogP contribution is -2.49. The Morgan fingerprint density at radius 2 is 2.00 bits per heavy atom. The van der Waals surface area contributed by atoms with E-state index in [2.05, 4.69) is 26.8 Å². The molecule has 23 heavy (non-hydrogen) atoms. The van der Waals surface area contributed by atoms with Gasteiger partial charge in [-0.2, -0.15) is 0 Å². The van der Waals surface area contributed by atoms with Crippen LogP contribution in [0.3, 0.4) is 0 Å². The second-order valence-corrected chi connectivity index (χ2v) is 5.98. The van der Waals surface area contributed by atoms with Crippen molar-refractivity contribution in [3.8, 4) is 0 Å². The van der Waals surface area contributed by atoms with E-state index in [1.807, 2.05) is 30.3 Å². The molecule has 0 aliphatic carbocycles. The second kappa shape index (κ2) is 7.54. The van der Waals surface area contributed by atoms with Gasteiger partial charge in [-0.1, -0.05) is 18.2 Å². The van der Waals surface area contributed by atoms with Gasteiger partial charge in [0.15, 0.2) is 0 Å². The maximum absolute atomic E-state index is 12.3. The molecule has 3 atom stereocenters. The van der Waals surface area contributed by atoms with Crippen LogP contribution in [0.1, 0.15) is 12.8 Å². The number of amides is 2. The zero-order chi connectivity index (χ0) is 16.1. The molecule has 2 aliphatic rings. The first-order valence-electron chi connectivity index (χ1n) is 8.08. The molecule has 0 saturated carbocycles. The average molecular weight is 317 g/mol. The van der Waals surface area contributed by atoms with Crippen LogP contribution in [0.2, 0.25) is 0 Å². The Hall–Kier alpha value is -1.96. The molecule has 2 fully saturated rings. The monoisotopic (exact) mass is 317 g/mol. The van der Waals surface area contributed by atoms with Gasteiger partial charge in [-0.15, -0.1) is 0 Å². The maximum Gasteiger partial charge on any atom is 0.238 e. The first kappa shape index (κ1) is 15.9. The summed E-state index contributed by atoms with van der Waals surface area (Å²) >= 11 is 0. The molecule has 5 N–H and O–H groups in total. The quantitative estimate of drug-likeness (QED) is 0.509. The van der Waals surface area contributed by atoms with Gasteiger partial charge < -0.3 is 16.0 Å². The summed E-state index contributed by atoms with van der Waals surface area (Å²) in [6, 6.07) is 9.39. The molecule has 0 radical (unpaired) electrons.